The SMILES string of the molecule is CC1CN(CC2CNc3ccccc3C2)CC1C. The lowest BCUT2D eigenvalue weighted by Gasteiger charge is -2.29. The van der Waals surface area contributed by atoms with E-state index in [9.17, 15) is 0 Å². The average molecular weight is 244 g/mol. The molecule has 2 nitrogen and oxygen atoms in total. The average Bonchev–Trinajstić information content (AvgIpc) is 2.68. The number of hydrogen-bond acceptors (Lipinski definition) is 2. The first-order valence-corrected chi connectivity index (χ1v) is 7.26. The van der Waals surface area contributed by atoms with Gasteiger partial charge >= 0.3 is 0 Å². The molecule has 0 aromatic heterocycles. The van der Waals surface area contributed by atoms with Crippen LogP contribution in [0.15, 0.2) is 24.3 Å². The van der Waals surface area contributed by atoms with Crippen LogP contribution in [0.1, 0.15) is 19.4 Å². The third-order valence-corrected chi connectivity index (χ3v) is 4.69. The minimum atomic E-state index is 0.775. The van der Waals surface area contributed by atoms with Crippen molar-refractivity contribution in [2.45, 2.75) is 20.3 Å². The largest absolute Gasteiger partial charge is 0.384 e. The summed E-state index contributed by atoms with van der Waals surface area (Å²) in [5.41, 5.74) is 2.84. The highest BCUT2D eigenvalue weighted by atomic mass is 15.2. The Balaban J connectivity index is 1.60. The zero-order chi connectivity index (χ0) is 12.5. The molecule has 0 bridgehead atoms. The predicted molar refractivity (Wildman–Crippen MR) is 76.9 cm³/mol. The van der Waals surface area contributed by atoms with E-state index in [0.717, 1.165) is 24.3 Å². The lowest BCUT2D eigenvalue weighted by atomic mass is 9.93. The summed E-state index contributed by atoms with van der Waals surface area (Å²) in [6.45, 7) is 9.75. The summed E-state index contributed by atoms with van der Waals surface area (Å²) in [5.74, 6) is 2.51. The number of nitrogens with one attached hydrogen (secondary N) is 1. The van der Waals surface area contributed by atoms with Crippen molar-refractivity contribution in [1.82, 2.24) is 4.90 Å². The van der Waals surface area contributed by atoms with Gasteiger partial charge in [0.15, 0.2) is 0 Å². The second-order valence-electron chi connectivity index (χ2n) is 6.28. The van der Waals surface area contributed by atoms with E-state index in [2.05, 4.69) is 48.3 Å². The van der Waals surface area contributed by atoms with Crippen LogP contribution in [-0.2, 0) is 6.42 Å². The fourth-order valence-electron chi connectivity index (χ4n) is 3.40. The van der Waals surface area contributed by atoms with Gasteiger partial charge in [-0.05, 0) is 35.8 Å². The number of fused-ring (bicyclic) bond motifs is 1. The maximum atomic E-state index is 3.58. The molecule has 2 heterocycles. The summed E-state index contributed by atoms with van der Waals surface area (Å²) in [5, 5.41) is 3.58. The number of anilines is 1. The number of hydrogen-bond donors (Lipinski definition) is 1. The molecule has 0 aliphatic carbocycles. The van der Waals surface area contributed by atoms with Gasteiger partial charge in [-0.1, -0.05) is 32.0 Å². The highest BCUT2D eigenvalue weighted by molar-refractivity contribution is 5.53. The summed E-state index contributed by atoms with van der Waals surface area (Å²) in [4.78, 5) is 2.66. The number of likely N-dealkylation sites (tertiary alicyclic amines) is 1. The first-order chi connectivity index (χ1) is 8.72. The Hall–Kier alpha value is -1.02. The monoisotopic (exact) mass is 244 g/mol. The van der Waals surface area contributed by atoms with E-state index >= 15 is 0 Å². The van der Waals surface area contributed by atoms with Gasteiger partial charge < -0.3 is 10.2 Å². The fourth-order valence-corrected chi connectivity index (χ4v) is 3.40. The molecular formula is C16H24N2. The Kier molecular flexibility index (Phi) is 3.29. The summed E-state index contributed by atoms with van der Waals surface area (Å²) < 4.78 is 0. The topological polar surface area (TPSA) is 15.3 Å². The number of nitrogens with zero attached hydrogens (tertiary/aromatic N) is 1. The van der Waals surface area contributed by atoms with Crippen molar-refractivity contribution in [3.8, 4) is 0 Å². The summed E-state index contributed by atoms with van der Waals surface area (Å²) >= 11 is 0. The molecule has 2 aliphatic heterocycles. The Morgan fingerprint density at radius 2 is 1.89 bits per heavy atom. The van der Waals surface area contributed by atoms with Crippen LogP contribution in [0.3, 0.4) is 0 Å². The van der Waals surface area contributed by atoms with E-state index in [1.807, 2.05) is 0 Å². The zero-order valence-electron chi connectivity index (χ0n) is 11.5. The minimum absolute atomic E-state index is 0.775. The minimum Gasteiger partial charge on any atom is -0.384 e. The molecule has 1 fully saturated rings. The van der Waals surface area contributed by atoms with Gasteiger partial charge in [0.05, 0.1) is 0 Å². The van der Waals surface area contributed by atoms with Crippen LogP contribution in [-0.4, -0.2) is 31.1 Å². The van der Waals surface area contributed by atoms with E-state index in [1.165, 1.54) is 37.3 Å². The number of rotatable bonds is 2. The van der Waals surface area contributed by atoms with Gasteiger partial charge in [-0.2, -0.15) is 0 Å². The van der Waals surface area contributed by atoms with Crippen molar-refractivity contribution in [2.24, 2.45) is 17.8 Å². The van der Waals surface area contributed by atoms with Crippen LogP contribution in [0.2, 0.25) is 0 Å². The van der Waals surface area contributed by atoms with Gasteiger partial charge in [0, 0.05) is 31.9 Å². The highest BCUT2D eigenvalue weighted by Gasteiger charge is 2.28. The highest BCUT2D eigenvalue weighted by Crippen LogP contribution is 2.27. The Labute approximate surface area is 110 Å². The van der Waals surface area contributed by atoms with E-state index in [0.29, 0.717) is 0 Å². The summed E-state index contributed by atoms with van der Waals surface area (Å²) in [7, 11) is 0. The molecule has 1 aromatic rings. The molecule has 1 saturated heterocycles. The molecule has 1 aromatic carbocycles. The number of para-hydroxylation sites is 1. The van der Waals surface area contributed by atoms with Crippen molar-refractivity contribution in [1.29, 1.82) is 0 Å². The maximum absolute atomic E-state index is 3.58. The van der Waals surface area contributed by atoms with Crippen LogP contribution >= 0.6 is 0 Å². The summed E-state index contributed by atoms with van der Waals surface area (Å²) in [6, 6.07) is 8.74. The molecule has 0 saturated carbocycles. The van der Waals surface area contributed by atoms with E-state index in [4.69, 9.17) is 0 Å². The van der Waals surface area contributed by atoms with Crippen molar-refractivity contribution in [3.63, 3.8) is 0 Å². The van der Waals surface area contributed by atoms with Crippen molar-refractivity contribution >= 4 is 5.69 Å². The van der Waals surface area contributed by atoms with E-state index in [1.54, 1.807) is 0 Å². The molecule has 0 radical (unpaired) electrons. The van der Waals surface area contributed by atoms with Crippen LogP contribution in [0.5, 0.6) is 0 Å². The van der Waals surface area contributed by atoms with Crippen molar-refractivity contribution < 1.29 is 0 Å². The molecule has 18 heavy (non-hydrogen) atoms. The Bertz CT molecular complexity index is 405. The third-order valence-electron chi connectivity index (χ3n) is 4.69. The van der Waals surface area contributed by atoms with E-state index < -0.39 is 0 Å². The van der Waals surface area contributed by atoms with Crippen molar-refractivity contribution in [2.75, 3.05) is 31.5 Å². The molecule has 98 valence electrons. The Morgan fingerprint density at radius 1 is 1.17 bits per heavy atom. The molecular weight excluding hydrogens is 220 g/mol. The molecule has 1 N–H and O–H groups in total. The van der Waals surface area contributed by atoms with Gasteiger partial charge in [-0.25, -0.2) is 0 Å². The second-order valence-corrected chi connectivity index (χ2v) is 6.28. The van der Waals surface area contributed by atoms with Gasteiger partial charge in [0.25, 0.3) is 0 Å². The zero-order valence-corrected chi connectivity index (χ0v) is 11.5. The van der Waals surface area contributed by atoms with Crippen LogP contribution < -0.4 is 5.32 Å². The number of benzene rings is 1. The first kappa shape index (κ1) is 12.0. The molecule has 3 rings (SSSR count). The van der Waals surface area contributed by atoms with E-state index in [-0.39, 0.29) is 0 Å². The lowest BCUT2D eigenvalue weighted by molar-refractivity contribution is 0.269. The third kappa shape index (κ3) is 2.39. The van der Waals surface area contributed by atoms with Crippen molar-refractivity contribution in [3.05, 3.63) is 29.8 Å². The predicted octanol–water partition coefficient (Wildman–Crippen LogP) is 2.86. The quantitative estimate of drug-likeness (QED) is 0.860. The van der Waals surface area contributed by atoms with Gasteiger partial charge in [-0.3, -0.25) is 0 Å². The van der Waals surface area contributed by atoms with Gasteiger partial charge in [0.1, 0.15) is 0 Å². The smallest absolute Gasteiger partial charge is 0.0372 e. The van der Waals surface area contributed by atoms with Crippen LogP contribution in [0.25, 0.3) is 0 Å². The second kappa shape index (κ2) is 4.93. The normalized spacial score (nSPS) is 32.0. The van der Waals surface area contributed by atoms with Crippen LogP contribution in [0, 0.1) is 17.8 Å². The molecule has 0 spiro atoms. The molecule has 0 amide bonds. The Morgan fingerprint density at radius 3 is 2.67 bits per heavy atom. The summed E-state index contributed by atoms with van der Waals surface area (Å²) in [6.07, 6.45) is 1.24. The maximum Gasteiger partial charge on any atom is 0.0372 e. The molecule has 3 unspecified atom stereocenters. The lowest BCUT2D eigenvalue weighted by Crippen LogP contribution is -2.34. The van der Waals surface area contributed by atoms with Crippen LogP contribution in [0.4, 0.5) is 5.69 Å². The van der Waals surface area contributed by atoms with Gasteiger partial charge in [-0.15, -0.1) is 0 Å². The molecule has 2 heteroatoms. The molecule has 3 atom stereocenters. The molecule has 2 aliphatic rings. The standard InChI is InChI=1S/C16H24N2/c1-12-9-18(10-13(12)2)11-14-7-15-5-3-4-6-16(15)17-8-14/h3-6,12-14,17H,7-11H2,1-2H3. The first-order valence-electron chi connectivity index (χ1n) is 7.26. The fraction of sp³-hybridized carbons (Fsp3) is 0.625. The van der Waals surface area contributed by atoms with Gasteiger partial charge in [0.2, 0.25) is 0 Å².